The number of halogens is 3. The molecule has 4 nitrogen and oxygen atoms in total. The molecule has 27 heavy (non-hydrogen) atoms. The van der Waals surface area contributed by atoms with Gasteiger partial charge in [0.2, 0.25) is 0 Å². The molecule has 0 amide bonds. The van der Waals surface area contributed by atoms with E-state index < -0.39 is 17.7 Å². The number of aromatic carboxylic acids is 1. The molecule has 1 heterocycles. The standard InChI is InChI=1S/C18H11F3N2O2.C2H6/c19-18(20,21)14-3-1-2-13(10-14)16-22-9-8-15(23-16)11-4-6-12(7-5-11)17(24)25;1-2/h1-10H,(H,24,25);1-2H3. The maximum atomic E-state index is 12.8. The van der Waals surface area contributed by atoms with E-state index in [4.69, 9.17) is 5.11 Å². The molecule has 0 aliphatic heterocycles. The van der Waals surface area contributed by atoms with Crippen LogP contribution in [0.25, 0.3) is 22.6 Å². The van der Waals surface area contributed by atoms with Crippen LogP contribution in [0, 0.1) is 0 Å². The van der Waals surface area contributed by atoms with E-state index in [9.17, 15) is 18.0 Å². The van der Waals surface area contributed by atoms with Crippen LogP contribution < -0.4 is 0 Å². The Morgan fingerprint density at radius 3 is 2.22 bits per heavy atom. The molecule has 0 unspecified atom stereocenters. The first kappa shape index (κ1) is 20.1. The summed E-state index contributed by atoms with van der Waals surface area (Å²) >= 11 is 0. The fraction of sp³-hybridized carbons (Fsp3) is 0.150. The van der Waals surface area contributed by atoms with Crippen LogP contribution in [0.3, 0.4) is 0 Å². The highest BCUT2D eigenvalue weighted by Gasteiger charge is 2.30. The van der Waals surface area contributed by atoms with Crippen LogP contribution >= 0.6 is 0 Å². The summed E-state index contributed by atoms with van der Waals surface area (Å²) in [4.78, 5) is 19.2. The second-order valence-electron chi connectivity index (χ2n) is 5.23. The van der Waals surface area contributed by atoms with Crippen molar-refractivity contribution in [1.82, 2.24) is 9.97 Å². The van der Waals surface area contributed by atoms with Gasteiger partial charge in [-0.2, -0.15) is 13.2 Å². The summed E-state index contributed by atoms with van der Waals surface area (Å²) in [6.45, 7) is 4.00. The van der Waals surface area contributed by atoms with Crippen molar-refractivity contribution in [1.29, 1.82) is 0 Å². The van der Waals surface area contributed by atoms with Gasteiger partial charge in [0.1, 0.15) is 0 Å². The first-order valence-corrected chi connectivity index (χ1v) is 8.19. The zero-order valence-electron chi connectivity index (χ0n) is 14.7. The minimum Gasteiger partial charge on any atom is -0.478 e. The average molecular weight is 374 g/mol. The lowest BCUT2D eigenvalue weighted by Gasteiger charge is -2.09. The smallest absolute Gasteiger partial charge is 0.416 e. The quantitative estimate of drug-likeness (QED) is 0.652. The topological polar surface area (TPSA) is 63.1 Å². The van der Waals surface area contributed by atoms with Gasteiger partial charge in [0.05, 0.1) is 16.8 Å². The van der Waals surface area contributed by atoms with Crippen molar-refractivity contribution in [2.45, 2.75) is 20.0 Å². The molecule has 1 N–H and O–H groups in total. The summed E-state index contributed by atoms with van der Waals surface area (Å²) in [6.07, 6.45) is -3.00. The predicted molar refractivity (Wildman–Crippen MR) is 96.2 cm³/mol. The Bertz CT molecular complexity index is 923. The number of carboxylic acid groups (broad SMARTS) is 1. The van der Waals surface area contributed by atoms with Crippen LogP contribution in [0.4, 0.5) is 13.2 Å². The van der Waals surface area contributed by atoms with Gasteiger partial charge in [0.25, 0.3) is 0 Å². The van der Waals surface area contributed by atoms with E-state index in [1.807, 2.05) is 13.8 Å². The number of carboxylic acids is 1. The molecule has 0 bridgehead atoms. The van der Waals surface area contributed by atoms with Gasteiger partial charge in [-0.25, -0.2) is 14.8 Å². The van der Waals surface area contributed by atoms with Gasteiger partial charge < -0.3 is 5.11 Å². The van der Waals surface area contributed by atoms with Crippen LogP contribution in [0.2, 0.25) is 0 Å². The number of hydrogen-bond acceptors (Lipinski definition) is 3. The van der Waals surface area contributed by atoms with Crippen molar-refractivity contribution >= 4 is 5.97 Å². The van der Waals surface area contributed by atoms with Crippen LogP contribution in [0.15, 0.2) is 60.8 Å². The minimum atomic E-state index is -4.44. The van der Waals surface area contributed by atoms with Crippen molar-refractivity contribution in [2.75, 3.05) is 0 Å². The van der Waals surface area contributed by atoms with E-state index in [0.717, 1.165) is 12.1 Å². The molecule has 0 fully saturated rings. The molecule has 0 spiro atoms. The highest BCUT2D eigenvalue weighted by molar-refractivity contribution is 5.88. The van der Waals surface area contributed by atoms with Crippen molar-refractivity contribution in [2.24, 2.45) is 0 Å². The summed E-state index contributed by atoms with van der Waals surface area (Å²) in [5, 5.41) is 8.91. The van der Waals surface area contributed by atoms with Crippen LogP contribution in [-0.4, -0.2) is 21.0 Å². The lowest BCUT2D eigenvalue weighted by Crippen LogP contribution is -2.05. The SMILES string of the molecule is CC.O=C(O)c1ccc(-c2ccnc(-c3cccc(C(F)(F)F)c3)n2)cc1. The Balaban J connectivity index is 0.00000126. The van der Waals surface area contributed by atoms with Gasteiger partial charge in [0, 0.05) is 17.3 Å². The molecule has 1 aromatic heterocycles. The van der Waals surface area contributed by atoms with Crippen LogP contribution in [-0.2, 0) is 6.18 Å². The molecule has 7 heteroatoms. The van der Waals surface area contributed by atoms with E-state index in [0.29, 0.717) is 11.3 Å². The van der Waals surface area contributed by atoms with Crippen LogP contribution in [0.1, 0.15) is 29.8 Å². The third-order valence-electron chi connectivity index (χ3n) is 3.53. The zero-order valence-corrected chi connectivity index (χ0v) is 14.7. The molecule has 0 atom stereocenters. The lowest BCUT2D eigenvalue weighted by molar-refractivity contribution is -0.137. The van der Waals surface area contributed by atoms with Gasteiger partial charge in [0.15, 0.2) is 5.82 Å². The first-order valence-electron chi connectivity index (χ1n) is 8.19. The summed E-state index contributed by atoms with van der Waals surface area (Å²) < 4.78 is 38.5. The maximum absolute atomic E-state index is 12.8. The molecular weight excluding hydrogens is 357 g/mol. The van der Waals surface area contributed by atoms with E-state index >= 15 is 0 Å². The van der Waals surface area contributed by atoms with Gasteiger partial charge in [-0.05, 0) is 30.3 Å². The second kappa shape index (κ2) is 8.44. The molecule has 2 aromatic carbocycles. The highest BCUT2D eigenvalue weighted by atomic mass is 19.4. The Morgan fingerprint density at radius 2 is 1.63 bits per heavy atom. The number of hydrogen-bond donors (Lipinski definition) is 1. The molecule has 0 aliphatic carbocycles. The zero-order chi connectivity index (χ0) is 20.0. The number of alkyl halides is 3. The number of benzene rings is 2. The molecule has 0 saturated heterocycles. The molecular formula is C20H17F3N2O2. The minimum absolute atomic E-state index is 0.135. The van der Waals surface area contributed by atoms with Crippen LogP contribution in [0.5, 0.6) is 0 Å². The molecule has 3 aromatic rings. The molecule has 0 aliphatic rings. The molecule has 3 rings (SSSR count). The van der Waals surface area contributed by atoms with Gasteiger partial charge in [-0.15, -0.1) is 0 Å². The van der Waals surface area contributed by atoms with Gasteiger partial charge in [-0.3, -0.25) is 0 Å². The average Bonchev–Trinajstić information content (AvgIpc) is 2.69. The normalized spacial score (nSPS) is 10.7. The first-order chi connectivity index (χ1) is 12.8. The fourth-order valence-electron chi connectivity index (χ4n) is 2.28. The second-order valence-corrected chi connectivity index (χ2v) is 5.23. The van der Waals surface area contributed by atoms with Gasteiger partial charge >= 0.3 is 12.1 Å². The van der Waals surface area contributed by atoms with Crippen molar-refractivity contribution in [3.63, 3.8) is 0 Å². The summed E-state index contributed by atoms with van der Waals surface area (Å²) in [5.74, 6) is -0.884. The van der Waals surface area contributed by atoms with E-state index in [1.54, 1.807) is 18.2 Å². The summed E-state index contributed by atoms with van der Waals surface area (Å²) in [5.41, 5.74) is 0.736. The molecule has 0 radical (unpaired) electrons. The fourth-order valence-corrected chi connectivity index (χ4v) is 2.28. The Hall–Kier alpha value is -3.22. The number of nitrogens with zero attached hydrogens (tertiary/aromatic N) is 2. The van der Waals surface area contributed by atoms with Crippen molar-refractivity contribution in [3.8, 4) is 22.6 Å². The number of rotatable bonds is 3. The Morgan fingerprint density at radius 1 is 0.963 bits per heavy atom. The third-order valence-corrected chi connectivity index (χ3v) is 3.53. The number of aromatic nitrogens is 2. The molecule has 140 valence electrons. The summed E-state index contributed by atoms with van der Waals surface area (Å²) in [6, 6.07) is 12.4. The van der Waals surface area contributed by atoms with Crippen molar-refractivity contribution < 1.29 is 23.1 Å². The number of carbonyl (C=O) groups is 1. The van der Waals surface area contributed by atoms with E-state index in [1.165, 1.54) is 30.5 Å². The van der Waals surface area contributed by atoms with E-state index in [-0.39, 0.29) is 17.0 Å². The Labute approximate surface area is 154 Å². The molecule has 0 saturated carbocycles. The van der Waals surface area contributed by atoms with Crippen molar-refractivity contribution in [3.05, 3.63) is 71.9 Å². The maximum Gasteiger partial charge on any atom is 0.416 e. The third kappa shape index (κ3) is 4.91. The van der Waals surface area contributed by atoms with E-state index in [2.05, 4.69) is 9.97 Å². The van der Waals surface area contributed by atoms with Gasteiger partial charge in [-0.1, -0.05) is 38.1 Å². The summed E-state index contributed by atoms with van der Waals surface area (Å²) in [7, 11) is 0. The highest BCUT2D eigenvalue weighted by Crippen LogP contribution is 2.31. The monoisotopic (exact) mass is 374 g/mol. The largest absolute Gasteiger partial charge is 0.478 e. The lowest BCUT2D eigenvalue weighted by atomic mass is 10.1. The Kier molecular flexibility index (Phi) is 6.28. The predicted octanol–water partition coefficient (Wildman–Crippen LogP) is 5.55.